The number of nitrogens with zero attached hydrogens (tertiary/aromatic N) is 3. The summed E-state index contributed by atoms with van der Waals surface area (Å²) in [6.45, 7) is 17.4. The molecule has 3 aliphatic heterocycles. The molecule has 3 saturated heterocycles. The molecule has 1 aromatic rings. The number of rotatable bonds is 2. The minimum atomic E-state index is -0.443. The Kier molecular flexibility index (Phi) is 5.33. The van der Waals surface area contributed by atoms with Gasteiger partial charge in [0.25, 0.3) is 0 Å². The fraction of sp³-hybridized carbons (Fsp3) is 0.739. The molecule has 3 aliphatic rings. The molecule has 0 saturated carbocycles. The van der Waals surface area contributed by atoms with Crippen LogP contribution in [-0.4, -0.2) is 66.1 Å². The first-order valence-electron chi connectivity index (χ1n) is 11.3. The number of hydrogen-bond acceptors (Lipinski definition) is 6. The first-order chi connectivity index (χ1) is 14.3. The van der Waals surface area contributed by atoms with E-state index in [2.05, 4.69) is 44.7 Å². The molecule has 1 spiro atoms. The third kappa shape index (κ3) is 4.42. The molecule has 0 unspecified atom stereocenters. The molecule has 170 valence electrons. The predicted molar refractivity (Wildman–Crippen MR) is 122 cm³/mol. The molecule has 4 heterocycles. The van der Waals surface area contributed by atoms with Crippen LogP contribution in [0.15, 0.2) is 18.3 Å². The van der Waals surface area contributed by atoms with Gasteiger partial charge < -0.3 is 23.8 Å². The third-order valence-corrected chi connectivity index (χ3v) is 7.15. The van der Waals surface area contributed by atoms with Crippen LogP contribution in [-0.2, 0) is 14.0 Å². The minimum Gasteiger partial charge on any atom is -0.444 e. The number of carbonyl (C=O) groups excluding carboxylic acids is 1. The monoisotopic (exact) mass is 429 g/mol. The quantitative estimate of drug-likeness (QED) is 0.673. The molecule has 3 fully saturated rings. The largest absolute Gasteiger partial charge is 0.496 e. The van der Waals surface area contributed by atoms with Gasteiger partial charge in [-0.2, -0.15) is 0 Å². The van der Waals surface area contributed by atoms with Gasteiger partial charge >= 0.3 is 13.2 Å². The van der Waals surface area contributed by atoms with Gasteiger partial charge in [0.15, 0.2) is 0 Å². The van der Waals surface area contributed by atoms with Gasteiger partial charge in [-0.05, 0) is 67.4 Å². The van der Waals surface area contributed by atoms with E-state index in [9.17, 15) is 4.79 Å². The van der Waals surface area contributed by atoms with Gasteiger partial charge in [-0.1, -0.05) is 6.07 Å². The van der Waals surface area contributed by atoms with Crippen molar-refractivity contribution in [1.82, 2.24) is 9.88 Å². The van der Waals surface area contributed by atoms with Crippen LogP contribution in [0.1, 0.15) is 61.3 Å². The summed E-state index contributed by atoms with van der Waals surface area (Å²) in [7, 11) is -0.384. The number of amides is 1. The first kappa shape index (κ1) is 22.4. The number of pyridine rings is 1. The van der Waals surface area contributed by atoms with Crippen LogP contribution in [0, 0.1) is 5.41 Å². The summed E-state index contributed by atoms with van der Waals surface area (Å²) in [5.41, 5.74) is 0.0286. The Morgan fingerprint density at radius 1 is 1.06 bits per heavy atom. The van der Waals surface area contributed by atoms with Crippen molar-refractivity contribution >= 4 is 24.5 Å². The van der Waals surface area contributed by atoms with E-state index >= 15 is 0 Å². The van der Waals surface area contributed by atoms with E-state index < -0.39 is 5.60 Å². The van der Waals surface area contributed by atoms with E-state index in [0.29, 0.717) is 0 Å². The zero-order valence-electron chi connectivity index (χ0n) is 20.0. The summed E-state index contributed by atoms with van der Waals surface area (Å²) in [5, 5.41) is 0. The lowest BCUT2D eigenvalue weighted by Crippen LogP contribution is -2.62. The van der Waals surface area contributed by atoms with Gasteiger partial charge in [-0.3, -0.25) is 0 Å². The first-order valence-corrected chi connectivity index (χ1v) is 11.3. The lowest BCUT2D eigenvalue weighted by molar-refractivity contribution is -0.0434. The minimum absolute atomic E-state index is 0.194. The van der Waals surface area contributed by atoms with Gasteiger partial charge in [0, 0.05) is 43.3 Å². The molecule has 7 nitrogen and oxygen atoms in total. The molecule has 0 atom stereocenters. The molecule has 0 radical (unpaired) electrons. The van der Waals surface area contributed by atoms with E-state index in [1.807, 2.05) is 31.9 Å². The fourth-order valence-electron chi connectivity index (χ4n) is 4.45. The molecule has 0 bridgehead atoms. The van der Waals surface area contributed by atoms with Crippen molar-refractivity contribution in [3.63, 3.8) is 0 Å². The van der Waals surface area contributed by atoms with E-state index in [4.69, 9.17) is 19.0 Å². The number of aromatic nitrogens is 1. The number of likely N-dealkylation sites (tertiary alicyclic amines) is 1. The normalized spacial score (nSPS) is 24.3. The van der Waals surface area contributed by atoms with Gasteiger partial charge in [-0.25, -0.2) is 9.78 Å². The van der Waals surface area contributed by atoms with Gasteiger partial charge in [0.1, 0.15) is 11.4 Å². The Morgan fingerprint density at radius 2 is 1.65 bits per heavy atom. The van der Waals surface area contributed by atoms with Crippen LogP contribution in [0.25, 0.3) is 0 Å². The van der Waals surface area contributed by atoms with E-state index in [0.717, 1.165) is 50.3 Å². The maximum atomic E-state index is 12.2. The van der Waals surface area contributed by atoms with Crippen LogP contribution in [0.4, 0.5) is 10.6 Å². The summed E-state index contributed by atoms with van der Waals surface area (Å²) < 4.78 is 17.7. The predicted octanol–water partition coefficient (Wildman–Crippen LogP) is 3.22. The molecule has 0 aromatic carbocycles. The molecular weight excluding hydrogens is 393 g/mol. The van der Waals surface area contributed by atoms with E-state index in [1.54, 1.807) is 0 Å². The molecule has 31 heavy (non-hydrogen) atoms. The van der Waals surface area contributed by atoms with Crippen molar-refractivity contribution in [2.24, 2.45) is 5.41 Å². The highest BCUT2D eigenvalue weighted by Gasteiger charge is 2.52. The zero-order valence-corrected chi connectivity index (χ0v) is 20.0. The highest BCUT2D eigenvalue weighted by atomic mass is 16.7. The number of anilines is 1. The van der Waals surface area contributed by atoms with Crippen LogP contribution in [0.3, 0.4) is 0 Å². The standard InChI is InChI=1S/C23H36BN3O4/c1-20(2,3)29-19(28)27-15-23(16-27)10-12-26(13-11-23)18-9-8-17(14-25-18)24-30-21(4,5)22(6,7)31-24/h8-9,14H,10-13,15-16H2,1-7H3. The maximum Gasteiger partial charge on any atom is 0.496 e. The van der Waals surface area contributed by atoms with Crippen molar-refractivity contribution < 1.29 is 18.8 Å². The summed E-state index contributed by atoms with van der Waals surface area (Å²) >= 11 is 0. The average molecular weight is 429 g/mol. The van der Waals surface area contributed by atoms with E-state index in [1.165, 1.54) is 0 Å². The molecule has 4 rings (SSSR count). The topological polar surface area (TPSA) is 64.1 Å². The number of hydrogen-bond donors (Lipinski definition) is 0. The summed E-state index contributed by atoms with van der Waals surface area (Å²) in [6.07, 6.45) is 3.80. The van der Waals surface area contributed by atoms with Gasteiger partial charge in [0.05, 0.1) is 11.2 Å². The van der Waals surface area contributed by atoms with Crippen LogP contribution < -0.4 is 10.4 Å². The molecule has 1 amide bonds. The second-order valence-electron chi connectivity index (χ2n) is 11.4. The van der Waals surface area contributed by atoms with Gasteiger partial charge in [0.2, 0.25) is 0 Å². The molecule has 8 heteroatoms. The van der Waals surface area contributed by atoms with Crippen molar-refractivity contribution in [2.75, 3.05) is 31.1 Å². The molecule has 0 N–H and O–H groups in total. The molecular formula is C23H36BN3O4. The Morgan fingerprint density at radius 3 is 2.13 bits per heavy atom. The highest BCUT2D eigenvalue weighted by molar-refractivity contribution is 6.62. The summed E-state index contributed by atoms with van der Waals surface area (Å²) in [6, 6.07) is 4.12. The van der Waals surface area contributed by atoms with Crippen molar-refractivity contribution in [2.45, 2.75) is 78.1 Å². The lowest BCUT2D eigenvalue weighted by Gasteiger charge is -2.53. The van der Waals surface area contributed by atoms with Crippen LogP contribution in [0.5, 0.6) is 0 Å². The SMILES string of the molecule is CC(C)(C)OC(=O)N1CC2(CCN(c3ccc(B4OC(C)(C)C(C)(C)O4)cn3)CC2)C1. The second kappa shape index (κ2) is 7.37. The Bertz CT molecular complexity index is 802. The van der Waals surface area contributed by atoms with Gasteiger partial charge in [-0.15, -0.1) is 0 Å². The molecule has 1 aromatic heterocycles. The summed E-state index contributed by atoms with van der Waals surface area (Å²) in [4.78, 5) is 21.1. The number of carbonyl (C=O) groups is 1. The zero-order chi connectivity index (χ0) is 22.7. The third-order valence-electron chi connectivity index (χ3n) is 7.15. The van der Waals surface area contributed by atoms with Crippen molar-refractivity contribution in [3.05, 3.63) is 18.3 Å². The number of ether oxygens (including phenoxy) is 1. The fourth-order valence-corrected chi connectivity index (χ4v) is 4.45. The number of piperidine rings is 1. The van der Waals surface area contributed by atoms with E-state index in [-0.39, 0.29) is 29.8 Å². The lowest BCUT2D eigenvalue weighted by atomic mass is 9.72. The van der Waals surface area contributed by atoms with Crippen LogP contribution in [0.2, 0.25) is 0 Å². The van der Waals surface area contributed by atoms with Crippen molar-refractivity contribution in [1.29, 1.82) is 0 Å². The average Bonchev–Trinajstić information content (AvgIpc) is 2.86. The highest BCUT2D eigenvalue weighted by Crippen LogP contribution is 2.41. The summed E-state index contributed by atoms with van der Waals surface area (Å²) in [5.74, 6) is 0.985. The Balaban J connectivity index is 1.30. The van der Waals surface area contributed by atoms with Crippen LogP contribution >= 0.6 is 0 Å². The smallest absolute Gasteiger partial charge is 0.444 e. The van der Waals surface area contributed by atoms with Crippen molar-refractivity contribution in [3.8, 4) is 0 Å². The second-order valence-corrected chi connectivity index (χ2v) is 11.4. The Labute approximate surface area is 186 Å². The Hall–Kier alpha value is -1.80. The maximum absolute atomic E-state index is 12.2. The molecule has 0 aliphatic carbocycles.